The number of halogens is 1. The second-order valence-electron chi connectivity index (χ2n) is 4.83. The van der Waals surface area contributed by atoms with Crippen LogP contribution in [0.15, 0.2) is 41.1 Å². The van der Waals surface area contributed by atoms with Crippen LogP contribution in [0.2, 0.25) is 0 Å². The number of hydrogen-bond acceptors (Lipinski definition) is 4. The molecule has 0 aliphatic heterocycles. The summed E-state index contributed by atoms with van der Waals surface area (Å²) in [6.45, 7) is 5.19. The van der Waals surface area contributed by atoms with Crippen molar-refractivity contribution < 1.29 is 0 Å². The zero-order chi connectivity index (χ0) is 15.1. The molecule has 1 aromatic carbocycles. The molecule has 1 heterocycles. The fourth-order valence-electron chi connectivity index (χ4n) is 2.11. The molecule has 0 fully saturated rings. The van der Waals surface area contributed by atoms with E-state index in [1.54, 1.807) is 6.33 Å². The Bertz CT molecular complexity index is 559. The molecule has 0 saturated carbocycles. The van der Waals surface area contributed by atoms with Crippen LogP contribution in [-0.2, 0) is 0 Å². The smallest absolute Gasteiger partial charge is 0.146 e. The minimum atomic E-state index is 0.233. The maximum Gasteiger partial charge on any atom is 0.146 e. The van der Waals surface area contributed by atoms with Gasteiger partial charge in [-0.3, -0.25) is 0 Å². The Morgan fingerprint density at radius 2 is 1.81 bits per heavy atom. The van der Waals surface area contributed by atoms with Crippen molar-refractivity contribution in [3.05, 3.63) is 46.7 Å². The topological polar surface area (TPSA) is 49.8 Å². The van der Waals surface area contributed by atoms with Crippen molar-refractivity contribution in [3.63, 3.8) is 0 Å². The Labute approximate surface area is 134 Å². The van der Waals surface area contributed by atoms with Crippen LogP contribution < -0.4 is 10.6 Å². The van der Waals surface area contributed by atoms with Crippen LogP contribution in [-0.4, -0.2) is 16.5 Å². The van der Waals surface area contributed by atoms with Gasteiger partial charge < -0.3 is 10.6 Å². The van der Waals surface area contributed by atoms with E-state index in [1.165, 1.54) is 5.56 Å². The maximum absolute atomic E-state index is 4.35. The molecule has 0 radical (unpaired) electrons. The molecule has 5 heteroatoms. The van der Waals surface area contributed by atoms with Crippen molar-refractivity contribution in [1.82, 2.24) is 9.97 Å². The fourth-order valence-corrected chi connectivity index (χ4v) is 2.57. The molecule has 1 aromatic heterocycles. The highest BCUT2D eigenvalue weighted by atomic mass is 79.9. The lowest BCUT2D eigenvalue weighted by atomic mass is 10.0. The summed E-state index contributed by atoms with van der Waals surface area (Å²) in [4.78, 5) is 8.62. The third kappa shape index (κ3) is 4.17. The number of hydrogen-bond donors (Lipinski definition) is 2. The van der Waals surface area contributed by atoms with Crippen LogP contribution in [0.1, 0.15) is 38.3 Å². The lowest BCUT2D eigenvalue weighted by molar-refractivity contribution is 0.743. The Kier molecular flexibility index (Phi) is 5.99. The maximum atomic E-state index is 4.35. The van der Waals surface area contributed by atoms with E-state index >= 15 is 0 Å². The van der Waals surface area contributed by atoms with Crippen LogP contribution >= 0.6 is 15.9 Å². The van der Waals surface area contributed by atoms with Crippen LogP contribution in [0.25, 0.3) is 0 Å². The van der Waals surface area contributed by atoms with E-state index in [2.05, 4.69) is 74.6 Å². The third-order valence-corrected chi connectivity index (χ3v) is 4.00. The molecule has 0 bridgehead atoms. The summed E-state index contributed by atoms with van der Waals surface area (Å²) in [5, 5.41) is 6.79. The van der Waals surface area contributed by atoms with E-state index in [-0.39, 0.29) is 6.04 Å². The normalized spacial score (nSPS) is 12.0. The van der Waals surface area contributed by atoms with Gasteiger partial charge in [-0.1, -0.05) is 44.2 Å². The molecular formula is C16H21BrN4. The Hall–Kier alpha value is -1.62. The average molecular weight is 349 g/mol. The number of anilines is 2. The minimum Gasteiger partial charge on any atom is -0.369 e. The molecule has 4 nitrogen and oxygen atoms in total. The van der Waals surface area contributed by atoms with Gasteiger partial charge in [0.25, 0.3) is 0 Å². The van der Waals surface area contributed by atoms with E-state index in [1.807, 2.05) is 6.07 Å². The van der Waals surface area contributed by atoms with Gasteiger partial charge in [-0.2, -0.15) is 0 Å². The highest BCUT2D eigenvalue weighted by Gasteiger charge is 2.13. The summed E-state index contributed by atoms with van der Waals surface area (Å²) < 4.78 is 0.882. The van der Waals surface area contributed by atoms with E-state index in [0.29, 0.717) is 0 Å². The first-order valence-electron chi connectivity index (χ1n) is 7.32. The predicted octanol–water partition coefficient (Wildman–Crippen LogP) is 4.62. The molecule has 2 N–H and O–H groups in total. The van der Waals surface area contributed by atoms with E-state index < -0.39 is 0 Å². The summed E-state index contributed by atoms with van der Waals surface area (Å²) in [6.07, 6.45) is 3.63. The minimum absolute atomic E-state index is 0.233. The van der Waals surface area contributed by atoms with Crippen LogP contribution in [0.5, 0.6) is 0 Å². The Morgan fingerprint density at radius 3 is 2.48 bits per heavy atom. The van der Waals surface area contributed by atoms with Crippen LogP contribution in [0.3, 0.4) is 0 Å². The van der Waals surface area contributed by atoms with Crippen molar-refractivity contribution in [1.29, 1.82) is 0 Å². The van der Waals surface area contributed by atoms with Crippen molar-refractivity contribution in [2.45, 2.75) is 32.7 Å². The van der Waals surface area contributed by atoms with Gasteiger partial charge in [0, 0.05) is 6.54 Å². The molecular weight excluding hydrogens is 328 g/mol. The lowest BCUT2D eigenvalue weighted by Crippen LogP contribution is -2.12. The predicted molar refractivity (Wildman–Crippen MR) is 91.6 cm³/mol. The SMILES string of the molecule is CCCNc1ncnc(NC(CC)c2ccccc2)c1Br. The van der Waals surface area contributed by atoms with E-state index in [0.717, 1.165) is 35.5 Å². The van der Waals surface area contributed by atoms with Crippen molar-refractivity contribution in [3.8, 4) is 0 Å². The fraction of sp³-hybridized carbons (Fsp3) is 0.375. The van der Waals surface area contributed by atoms with Crippen molar-refractivity contribution in [2.75, 3.05) is 17.2 Å². The quantitative estimate of drug-likeness (QED) is 0.766. The molecule has 1 atom stereocenters. The van der Waals surface area contributed by atoms with E-state index in [9.17, 15) is 0 Å². The van der Waals surface area contributed by atoms with Gasteiger partial charge >= 0.3 is 0 Å². The third-order valence-electron chi connectivity index (χ3n) is 3.25. The average Bonchev–Trinajstić information content (AvgIpc) is 2.53. The molecule has 0 amide bonds. The highest BCUT2D eigenvalue weighted by molar-refractivity contribution is 9.10. The lowest BCUT2D eigenvalue weighted by Gasteiger charge is -2.19. The molecule has 21 heavy (non-hydrogen) atoms. The zero-order valence-electron chi connectivity index (χ0n) is 12.4. The molecule has 2 aromatic rings. The molecule has 0 saturated heterocycles. The number of rotatable bonds is 7. The first-order valence-corrected chi connectivity index (χ1v) is 8.11. The van der Waals surface area contributed by atoms with Gasteiger partial charge in [0.2, 0.25) is 0 Å². The number of nitrogens with zero attached hydrogens (tertiary/aromatic N) is 2. The summed E-state index contributed by atoms with van der Waals surface area (Å²) in [5.74, 6) is 1.65. The summed E-state index contributed by atoms with van der Waals surface area (Å²) in [5.41, 5.74) is 1.26. The van der Waals surface area contributed by atoms with Gasteiger partial charge in [-0.15, -0.1) is 0 Å². The second-order valence-corrected chi connectivity index (χ2v) is 5.62. The Balaban J connectivity index is 2.18. The summed E-state index contributed by atoms with van der Waals surface area (Å²) >= 11 is 3.59. The van der Waals surface area contributed by atoms with Gasteiger partial charge in [-0.25, -0.2) is 9.97 Å². The number of benzene rings is 1. The molecule has 112 valence electrons. The number of nitrogens with one attached hydrogen (secondary N) is 2. The molecule has 0 aliphatic rings. The van der Waals surface area contributed by atoms with Gasteiger partial charge in [0.1, 0.15) is 22.4 Å². The highest BCUT2D eigenvalue weighted by Crippen LogP contribution is 2.30. The molecule has 2 rings (SSSR count). The zero-order valence-corrected chi connectivity index (χ0v) is 14.0. The first kappa shape index (κ1) is 15.8. The monoisotopic (exact) mass is 348 g/mol. The van der Waals surface area contributed by atoms with Gasteiger partial charge in [0.05, 0.1) is 6.04 Å². The largest absolute Gasteiger partial charge is 0.369 e. The molecule has 0 spiro atoms. The molecule has 1 unspecified atom stereocenters. The van der Waals surface area contributed by atoms with Gasteiger partial charge in [0.15, 0.2) is 0 Å². The summed E-state index contributed by atoms with van der Waals surface area (Å²) in [6, 6.07) is 10.6. The summed E-state index contributed by atoms with van der Waals surface area (Å²) in [7, 11) is 0. The first-order chi connectivity index (χ1) is 10.3. The van der Waals surface area contributed by atoms with Crippen molar-refractivity contribution in [2.24, 2.45) is 0 Å². The van der Waals surface area contributed by atoms with Gasteiger partial charge in [-0.05, 0) is 34.3 Å². The second kappa shape index (κ2) is 7.98. The van der Waals surface area contributed by atoms with Crippen molar-refractivity contribution >= 4 is 27.6 Å². The molecule has 0 aliphatic carbocycles. The Morgan fingerprint density at radius 1 is 1.10 bits per heavy atom. The van der Waals surface area contributed by atoms with Crippen LogP contribution in [0.4, 0.5) is 11.6 Å². The van der Waals surface area contributed by atoms with Crippen LogP contribution in [0, 0.1) is 0 Å². The standard InChI is InChI=1S/C16H21BrN4/c1-3-10-18-15-14(17)16(20-11-19-15)21-13(4-2)12-8-6-5-7-9-12/h5-9,11,13H,3-4,10H2,1-2H3,(H2,18,19,20,21). The number of aromatic nitrogens is 2. The van der Waals surface area contributed by atoms with E-state index in [4.69, 9.17) is 0 Å².